The third-order valence-corrected chi connectivity index (χ3v) is 4.03. The smallest absolute Gasteiger partial charge is 0.339 e. The number of carboxylic acids is 1. The zero-order valence-electron chi connectivity index (χ0n) is 14.2. The topological polar surface area (TPSA) is 49.8 Å². The summed E-state index contributed by atoms with van der Waals surface area (Å²) in [7, 11) is 0. The van der Waals surface area contributed by atoms with Crippen LogP contribution in [0.5, 0.6) is 5.75 Å². The van der Waals surface area contributed by atoms with Gasteiger partial charge in [-0.05, 0) is 39.1 Å². The number of carbonyl (C=O) groups is 1. The van der Waals surface area contributed by atoms with Crippen molar-refractivity contribution in [2.24, 2.45) is 0 Å². The third-order valence-electron chi connectivity index (χ3n) is 4.03. The first kappa shape index (κ1) is 17.3. The van der Waals surface area contributed by atoms with Crippen LogP contribution in [0, 0.1) is 0 Å². The minimum atomic E-state index is -0.963. The molecule has 0 atom stereocenters. The molecule has 4 heteroatoms. The van der Waals surface area contributed by atoms with Gasteiger partial charge in [-0.15, -0.1) is 0 Å². The maximum absolute atomic E-state index is 11.5. The summed E-state index contributed by atoms with van der Waals surface area (Å²) in [6.07, 6.45) is 0. The quantitative estimate of drug-likeness (QED) is 0.838. The Kier molecular flexibility index (Phi) is 5.61. The van der Waals surface area contributed by atoms with Crippen LogP contribution in [0.1, 0.15) is 38.1 Å². The Morgan fingerprint density at radius 2 is 1.74 bits per heavy atom. The minimum Gasteiger partial charge on any atom is -0.491 e. The number of nitrogens with zero attached hydrogens (tertiary/aromatic N) is 1. The number of hydrogen-bond donors (Lipinski definition) is 1. The van der Waals surface area contributed by atoms with Gasteiger partial charge >= 0.3 is 5.97 Å². The summed E-state index contributed by atoms with van der Waals surface area (Å²) in [4.78, 5) is 13.8. The van der Waals surface area contributed by atoms with Crippen molar-refractivity contribution in [3.05, 3.63) is 42.0 Å². The molecule has 4 nitrogen and oxygen atoms in total. The van der Waals surface area contributed by atoms with Crippen LogP contribution in [-0.2, 0) is 0 Å². The molecule has 0 amide bonds. The molecule has 0 saturated carbocycles. The number of ether oxygens (including phenoxy) is 1. The van der Waals surface area contributed by atoms with E-state index < -0.39 is 5.97 Å². The van der Waals surface area contributed by atoms with E-state index in [9.17, 15) is 9.90 Å². The summed E-state index contributed by atoms with van der Waals surface area (Å²) in [6, 6.07) is 12.0. The van der Waals surface area contributed by atoms with Gasteiger partial charge in [-0.25, -0.2) is 4.79 Å². The van der Waals surface area contributed by atoms with Gasteiger partial charge in [0.25, 0.3) is 0 Å². The standard InChI is InChI=1S/C19H25NO3/c1-13(2)20(14(3)4)11-12-23-18-16-8-6-5-7-15(16)9-10-17(18)19(21)22/h5-10,13-14H,11-12H2,1-4H3,(H,21,22). The molecular formula is C19H25NO3. The molecule has 1 N–H and O–H groups in total. The Morgan fingerprint density at radius 3 is 2.35 bits per heavy atom. The van der Waals surface area contributed by atoms with E-state index in [1.54, 1.807) is 6.07 Å². The average molecular weight is 315 g/mol. The Morgan fingerprint density at radius 1 is 1.09 bits per heavy atom. The number of benzene rings is 2. The van der Waals surface area contributed by atoms with Gasteiger partial charge in [-0.1, -0.05) is 30.3 Å². The number of hydrogen-bond acceptors (Lipinski definition) is 3. The van der Waals surface area contributed by atoms with E-state index in [1.165, 1.54) is 0 Å². The molecule has 0 aliphatic carbocycles. The second-order valence-electron chi connectivity index (χ2n) is 6.24. The highest BCUT2D eigenvalue weighted by Gasteiger charge is 2.17. The van der Waals surface area contributed by atoms with Crippen molar-refractivity contribution in [1.29, 1.82) is 0 Å². The van der Waals surface area contributed by atoms with E-state index in [0.717, 1.165) is 17.3 Å². The maximum atomic E-state index is 11.5. The molecule has 124 valence electrons. The molecule has 0 aliphatic heterocycles. The molecule has 2 rings (SSSR count). The Labute approximate surface area is 137 Å². The highest BCUT2D eigenvalue weighted by molar-refractivity contribution is 6.00. The first-order valence-corrected chi connectivity index (χ1v) is 8.05. The van der Waals surface area contributed by atoms with Crippen molar-refractivity contribution >= 4 is 16.7 Å². The number of aromatic carboxylic acids is 1. The fourth-order valence-corrected chi connectivity index (χ4v) is 2.93. The predicted molar refractivity (Wildman–Crippen MR) is 93.4 cm³/mol. The van der Waals surface area contributed by atoms with Gasteiger partial charge in [0.05, 0.1) is 0 Å². The summed E-state index contributed by atoms with van der Waals surface area (Å²) >= 11 is 0. The molecule has 0 saturated heterocycles. The molecule has 0 unspecified atom stereocenters. The molecule has 0 aromatic heterocycles. The summed E-state index contributed by atoms with van der Waals surface area (Å²) in [5.41, 5.74) is 0.212. The lowest BCUT2D eigenvalue weighted by Crippen LogP contribution is -2.39. The van der Waals surface area contributed by atoms with Gasteiger partial charge in [0.1, 0.15) is 17.9 Å². The van der Waals surface area contributed by atoms with Gasteiger partial charge in [-0.3, -0.25) is 4.90 Å². The summed E-state index contributed by atoms with van der Waals surface area (Å²) in [5, 5.41) is 11.2. The molecule has 2 aromatic rings. The van der Waals surface area contributed by atoms with E-state index in [2.05, 4.69) is 32.6 Å². The average Bonchev–Trinajstić information content (AvgIpc) is 2.50. The SMILES string of the molecule is CC(C)N(CCOc1c(C(=O)O)ccc2ccccc12)C(C)C. The molecule has 0 radical (unpaired) electrons. The highest BCUT2D eigenvalue weighted by atomic mass is 16.5. The van der Waals surface area contributed by atoms with E-state index >= 15 is 0 Å². The predicted octanol–water partition coefficient (Wildman–Crippen LogP) is 4.04. The lowest BCUT2D eigenvalue weighted by molar-refractivity contribution is 0.0690. The van der Waals surface area contributed by atoms with Crippen LogP contribution in [0.4, 0.5) is 0 Å². The summed E-state index contributed by atoms with van der Waals surface area (Å²) in [5.74, 6) is -0.501. The van der Waals surface area contributed by atoms with Crippen molar-refractivity contribution in [2.75, 3.05) is 13.2 Å². The van der Waals surface area contributed by atoms with Gasteiger partial charge in [0.15, 0.2) is 0 Å². The fourth-order valence-electron chi connectivity index (χ4n) is 2.93. The molecule has 0 heterocycles. The normalized spacial score (nSPS) is 11.6. The van der Waals surface area contributed by atoms with Crippen molar-refractivity contribution in [1.82, 2.24) is 4.90 Å². The minimum absolute atomic E-state index is 0.212. The van der Waals surface area contributed by atoms with E-state index in [4.69, 9.17) is 4.74 Å². The van der Waals surface area contributed by atoms with Gasteiger partial charge in [0, 0.05) is 24.0 Å². The zero-order valence-corrected chi connectivity index (χ0v) is 14.2. The van der Waals surface area contributed by atoms with Crippen molar-refractivity contribution in [3.8, 4) is 5.75 Å². The van der Waals surface area contributed by atoms with Gasteiger partial charge in [-0.2, -0.15) is 0 Å². The number of fused-ring (bicyclic) bond motifs is 1. The molecule has 0 bridgehead atoms. The number of carboxylic acid groups (broad SMARTS) is 1. The highest BCUT2D eigenvalue weighted by Crippen LogP contribution is 2.30. The zero-order chi connectivity index (χ0) is 17.0. The van der Waals surface area contributed by atoms with Crippen LogP contribution < -0.4 is 4.74 Å². The Hall–Kier alpha value is -2.07. The van der Waals surface area contributed by atoms with E-state index in [-0.39, 0.29) is 5.56 Å². The van der Waals surface area contributed by atoms with Crippen LogP contribution in [-0.4, -0.2) is 41.2 Å². The molecule has 2 aromatic carbocycles. The molecule has 23 heavy (non-hydrogen) atoms. The fraction of sp³-hybridized carbons (Fsp3) is 0.421. The Bertz CT molecular complexity index is 671. The first-order valence-electron chi connectivity index (χ1n) is 8.05. The lowest BCUT2D eigenvalue weighted by atomic mass is 10.1. The van der Waals surface area contributed by atoms with Crippen molar-refractivity contribution in [3.63, 3.8) is 0 Å². The van der Waals surface area contributed by atoms with Gasteiger partial charge in [0.2, 0.25) is 0 Å². The van der Waals surface area contributed by atoms with Crippen LogP contribution in [0.25, 0.3) is 10.8 Å². The maximum Gasteiger partial charge on any atom is 0.339 e. The van der Waals surface area contributed by atoms with Crippen LogP contribution in [0.2, 0.25) is 0 Å². The van der Waals surface area contributed by atoms with Crippen LogP contribution >= 0.6 is 0 Å². The second-order valence-corrected chi connectivity index (χ2v) is 6.24. The van der Waals surface area contributed by atoms with Crippen molar-refractivity contribution < 1.29 is 14.6 Å². The molecular weight excluding hydrogens is 290 g/mol. The van der Waals surface area contributed by atoms with Crippen LogP contribution in [0.3, 0.4) is 0 Å². The third kappa shape index (κ3) is 4.02. The van der Waals surface area contributed by atoms with Crippen LogP contribution in [0.15, 0.2) is 36.4 Å². The Balaban J connectivity index is 2.24. The van der Waals surface area contributed by atoms with E-state index in [1.807, 2.05) is 30.3 Å². The molecule has 0 fully saturated rings. The lowest BCUT2D eigenvalue weighted by Gasteiger charge is -2.30. The number of rotatable bonds is 7. The summed E-state index contributed by atoms with van der Waals surface area (Å²) < 4.78 is 5.92. The second kappa shape index (κ2) is 7.47. The summed E-state index contributed by atoms with van der Waals surface area (Å²) in [6.45, 7) is 9.84. The largest absolute Gasteiger partial charge is 0.491 e. The van der Waals surface area contributed by atoms with E-state index in [0.29, 0.717) is 24.4 Å². The molecule has 0 spiro atoms. The monoisotopic (exact) mass is 315 g/mol. The molecule has 0 aliphatic rings. The van der Waals surface area contributed by atoms with Gasteiger partial charge < -0.3 is 9.84 Å². The van der Waals surface area contributed by atoms with Crippen molar-refractivity contribution in [2.45, 2.75) is 39.8 Å². The first-order chi connectivity index (χ1) is 10.9.